The zero-order valence-electron chi connectivity index (χ0n) is 20.4. The maximum absolute atomic E-state index is 13.7. The maximum Gasteiger partial charge on any atom is 0.417 e. The van der Waals surface area contributed by atoms with Crippen LogP contribution in [-0.4, -0.2) is 42.3 Å². The Morgan fingerprint density at radius 3 is 2.46 bits per heavy atom. The molecule has 2 unspecified atom stereocenters. The van der Waals surface area contributed by atoms with E-state index in [1.54, 1.807) is 38.1 Å². The van der Waals surface area contributed by atoms with Crippen molar-refractivity contribution in [1.29, 1.82) is 0 Å². The number of carbonyl (C=O) groups is 2. The van der Waals surface area contributed by atoms with E-state index in [2.05, 4.69) is 0 Å². The van der Waals surface area contributed by atoms with Gasteiger partial charge in [0.15, 0.2) is 6.10 Å². The van der Waals surface area contributed by atoms with E-state index in [9.17, 15) is 18.4 Å². The molecule has 2 amide bonds. The van der Waals surface area contributed by atoms with Gasteiger partial charge in [0.05, 0.1) is 19.3 Å². The number of nitrogens with zero attached hydrogens (tertiary/aromatic N) is 1. The van der Waals surface area contributed by atoms with Crippen LogP contribution >= 0.6 is 0 Å². The summed E-state index contributed by atoms with van der Waals surface area (Å²) in [4.78, 5) is 26.7. The normalized spacial score (nSPS) is 16.7. The first kappa shape index (κ1) is 26.3. The van der Waals surface area contributed by atoms with Crippen LogP contribution in [0.15, 0.2) is 48.6 Å². The molecule has 1 aliphatic heterocycles. The van der Waals surface area contributed by atoms with E-state index < -0.39 is 18.1 Å². The van der Waals surface area contributed by atoms with Gasteiger partial charge in [0.1, 0.15) is 24.0 Å². The third-order valence-corrected chi connectivity index (χ3v) is 5.82. The number of halogens is 2. The van der Waals surface area contributed by atoms with Crippen molar-refractivity contribution in [3.8, 4) is 5.75 Å². The summed E-state index contributed by atoms with van der Waals surface area (Å²) in [6, 6.07) is 8.64. The van der Waals surface area contributed by atoms with Gasteiger partial charge >= 0.3 is 6.09 Å². The third kappa shape index (κ3) is 6.88. The maximum atomic E-state index is 13.7. The molecule has 1 saturated heterocycles. The molecule has 2 aromatic carbocycles. The van der Waals surface area contributed by atoms with Gasteiger partial charge in [0.2, 0.25) is 0 Å². The lowest BCUT2D eigenvalue weighted by Gasteiger charge is -2.26. The molecule has 2 aromatic rings. The Hall–Kier alpha value is -3.26. The van der Waals surface area contributed by atoms with E-state index in [1.165, 1.54) is 24.3 Å². The fourth-order valence-electron chi connectivity index (χ4n) is 3.72. The van der Waals surface area contributed by atoms with Crippen LogP contribution in [0.1, 0.15) is 37.0 Å². The molecule has 0 spiro atoms. The zero-order chi connectivity index (χ0) is 25.5. The second-order valence-corrected chi connectivity index (χ2v) is 8.92. The molecule has 3 rings (SSSR count). The predicted octanol–water partition coefficient (Wildman–Crippen LogP) is 5.50. The molecule has 0 radical (unpaired) electrons. The molecule has 0 aromatic heterocycles. The molecular weight excluding hydrogens is 456 g/mol. The number of amides is 2. The number of benzene rings is 2. The number of aryl methyl sites for hydroxylation is 2. The molecule has 35 heavy (non-hydrogen) atoms. The summed E-state index contributed by atoms with van der Waals surface area (Å²) in [5, 5.41) is 0. The Morgan fingerprint density at radius 2 is 1.80 bits per heavy atom. The van der Waals surface area contributed by atoms with Crippen LogP contribution in [0.3, 0.4) is 0 Å². The lowest BCUT2D eigenvalue weighted by atomic mass is 10.0. The standard InChI is InChI=1S/C27H31F2NO5/c1-17(2)24-16-34-27(32)30(24)26(31)25(35-21-9-11-23(29)19(4)14-21)7-5-6-12-33-15-20-8-10-22(28)18(3)13-20/h5-6,8-11,13-14,17,24-25H,7,12,15-16H2,1-4H3. The van der Waals surface area contributed by atoms with E-state index in [0.29, 0.717) is 23.5 Å². The van der Waals surface area contributed by atoms with Crippen LogP contribution in [0.2, 0.25) is 0 Å². The van der Waals surface area contributed by atoms with Crippen molar-refractivity contribution in [2.24, 2.45) is 5.92 Å². The van der Waals surface area contributed by atoms with Crippen molar-refractivity contribution >= 4 is 12.0 Å². The largest absolute Gasteiger partial charge is 0.480 e. The second-order valence-electron chi connectivity index (χ2n) is 8.92. The fraction of sp³-hybridized carbons (Fsp3) is 0.407. The van der Waals surface area contributed by atoms with Crippen LogP contribution in [0.5, 0.6) is 5.75 Å². The van der Waals surface area contributed by atoms with Gasteiger partial charge in [0.25, 0.3) is 5.91 Å². The smallest absolute Gasteiger partial charge is 0.417 e. The molecule has 188 valence electrons. The van der Waals surface area contributed by atoms with Crippen molar-refractivity contribution in [3.63, 3.8) is 0 Å². The number of hydrogen-bond acceptors (Lipinski definition) is 5. The topological polar surface area (TPSA) is 65.1 Å². The Bertz CT molecular complexity index is 1090. The van der Waals surface area contributed by atoms with Crippen molar-refractivity contribution < 1.29 is 32.6 Å². The van der Waals surface area contributed by atoms with Gasteiger partial charge in [-0.25, -0.2) is 18.5 Å². The minimum atomic E-state index is -1.01. The summed E-state index contributed by atoms with van der Waals surface area (Å²) in [5.41, 5.74) is 1.79. The van der Waals surface area contributed by atoms with E-state index in [1.807, 2.05) is 13.8 Å². The van der Waals surface area contributed by atoms with E-state index in [4.69, 9.17) is 14.2 Å². The summed E-state index contributed by atoms with van der Waals surface area (Å²) in [6.07, 6.45) is 1.95. The van der Waals surface area contributed by atoms with Gasteiger partial charge in [-0.3, -0.25) is 4.79 Å². The zero-order valence-corrected chi connectivity index (χ0v) is 20.4. The number of hydrogen-bond donors (Lipinski definition) is 0. The monoisotopic (exact) mass is 487 g/mol. The number of cyclic esters (lactones) is 1. The molecule has 0 saturated carbocycles. The third-order valence-electron chi connectivity index (χ3n) is 5.82. The van der Waals surface area contributed by atoms with Crippen LogP contribution in [0, 0.1) is 31.4 Å². The van der Waals surface area contributed by atoms with Gasteiger partial charge in [0, 0.05) is 6.42 Å². The molecule has 2 atom stereocenters. The molecular formula is C27H31F2NO5. The Morgan fingerprint density at radius 1 is 1.11 bits per heavy atom. The summed E-state index contributed by atoms with van der Waals surface area (Å²) in [7, 11) is 0. The average Bonchev–Trinajstić information content (AvgIpc) is 3.21. The van der Waals surface area contributed by atoms with Crippen LogP contribution in [-0.2, 0) is 20.9 Å². The lowest BCUT2D eigenvalue weighted by Crippen LogP contribution is -2.48. The number of rotatable bonds is 10. The molecule has 6 nitrogen and oxygen atoms in total. The van der Waals surface area contributed by atoms with Gasteiger partial charge in [-0.05, 0) is 60.7 Å². The molecule has 0 bridgehead atoms. The van der Waals surface area contributed by atoms with Crippen LogP contribution in [0.4, 0.5) is 13.6 Å². The minimum absolute atomic E-state index is 0.0122. The average molecular weight is 488 g/mol. The van der Waals surface area contributed by atoms with Crippen molar-refractivity contribution in [2.45, 2.75) is 52.9 Å². The van der Waals surface area contributed by atoms with Crippen LogP contribution < -0.4 is 4.74 Å². The van der Waals surface area contributed by atoms with Crippen molar-refractivity contribution in [2.75, 3.05) is 13.2 Å². The first-order chi connectivity index (χ1) is 16.7. The molecule has 8 heteroatoms. The molecule has 0 N–H and O–H groups in total. The molecule has 1 heterocycles. The molecule has 1 fully saturated rings. The highest BCUT2D eigenvalue weighted by molar-refractivity contribution is 5.96. The minimum Gasteiger partial charge on any atom is -0.480 e. The highest BCUT2D eigenvalue weighted by Gasteiger charge is 2.42. The Labute approximate surface area is 204 Å². The summed E-state index contributed by atoms with van der Waals surface area (Å²) >= 11 is 0. The fourth-order valence-corrected chi connectivity index (χ4v) is 3.72. The highest BCUT2D eigenvalue weighted by Crippen LogP contribution is 2.24. The van der Waals surface area contributed by atoms with Gasteiger partial charge in [-0.15, -0.1) is 0 Å². The Balaban J connectivity index is 1.66. The van der Waals surface area contributed by atoms with Gasteiger partial charge < -0.3 is 14.2 Å². The lowest BCUT2D eigenvalue weighted by molar-refractivity contribution is -0.137. The van der Waals surface area contributed by atoms with Crippen LogP contribution in [0.25, 0.3) is 0 Å². The number of imide groups is 1. The summed E-state index contributed by atoms with van der Waals surface area (Å²) in [5.74, 6) is -0.815. The van der Waals surface area contributed by atoms with Gasteiger partial charge in [-0.2, -0.15) is 0 Å². The van der Waals surface area contributed by atoms with Crippen molar-refractivity contribution in [1.82, 2.24) is 4.90 Å². The Kier molecular flexibility index (Phi) is 8.98. The van der Waals surface area contributed by atoms with Crippen molar-refractivity contribution in [3.05, 3.63) is 76.9 Å². The van der Waals surface area contributed by atoms with E-state index >= 15 is 0 Å². The summed E-state index contributed by atoms with van der Waals surface area (Å²) < 4.78 is 43.7. The summed E-state index contributed by atoms with van der Waals surface area (Å²) in [6.45, 7) is 7.83. The van der Waals surface area contributed by atoms with E-state index in [0.717, 1.165) is 10.5 Å². The first-order valence-electron chi connectivity index (χ1n) is 11.6. The molecule has 0 aliphatic carbocycles. The van der Waals surface area contributed by atoms with Gasteiger partial charge in [-0.1, -0.05) is 38.1 Å². The quantitative estimate of drug-likeness (QED) is 0.327. The molecule has 1 aliphatic rings. The van der Waals surface area contributed by atoms with E-state index in [-0.39, 0.29) is 43.2 Å². The highest BCUT2D eigenvalue weighted by atomic mass is 19.1. The predicted molar refractivity (Wildman–Crippen MR) is 127 cm³/mol. The SMILES string of the molecule is Cc1cc(COCC=CCC(Oc2ccc(F)c(C)c2)C(=O)N2C(=O)OCC2C(C)C)ccc1F. The second kappa shape index (κ2) is 11.9. The first-order valence-corrected chi connectivity index (χ1v) is 11.6. The number of carbonyl (C=O) groups excluding carboxylic acids is 2. The number of ether oxygens (including phenoxy) is 3.